The van der Waals surface area contributed by atoms with Crippen LogP contribution >= 0.6 is 11.3 Å². The quantitative estimate of drug-likeness (QED) is 0.824. The summed E-state index contributed by atoms with van der Waals surface area (Å²) in [4.78, 5) is 12.0. The molecule has 0 aromatic carbocycles. The number of carbonyl (C=O) groups excluding carboxylic acids is 1. The molecule has 1 aliphatic carbocycles. The zero-order valence-electron chi connectivity index (χ0n) is 10.6. The number of amides is 1. The van der Waals surface area contributed by atoms with Gasteiger partial charge in [-0.1, -0.05) is 25.7 Å². The lowest BCUT2D eigenvalue weighted by Gasteiger charge is -2.16. The smallest absolute Gasteiger partial charge is 0.223 e. The molecular weight excluding hydrogens is 246 g/mol. The topological polar surface area (TPSA) is 49.3 Å². The highest BCUT2D eigenvalue weighted by atomic mass is 32.1. The molecule has 2 N–H and O–H groups in total. The molecular formula is C14H21NO2S. The van der Waals surface area contributed by atoms with Crippen LogP contribution in [0.4, 0.5) is 0 Å². The summed E-state index contributed by atoms with van der Waals surface area (Å²) >= 11 is 1.56. The summed E-state index contributed by atoms with van der Waals surface area (Å²) in [6.07, 6.45) is 6.24. The van der Waals surface area contributed by atoms with Gasteiger partial charge in [0.2, 0.25) is 5.91 Å². The van der Waals surface area contributed by atoms with Gasteiger partial charge in [-0.05, 0) is 35.2 Å². The van der Waals surface area contributed by atoms with Crippen LogP contribution in [0.5, 0.6) is 0 Å². The molecule has 1 fully saturated rings. The molecule has 18 heavy (non-hydrogen) atoms. The van der Waals surface area contributed by atoms with E-state index in [0.717, 1.165) is 31.2 Å². The number of aliphatic hydroxyl groups excluding tert-OH is 1. The third-order valence-electron chi connectivity index (χ3n) is 3.62. The van der Waals surface area contributed by atoms with E-state index in [1.165, 1.54) is 12.8 Å². The molecule has 0 spiro atoms. The summed E-state index contributed by atoms with van der Waals surface area (Å²) in [7, 11) is 0. The van der Waals surface area contributed by atoms with Crippen molar-refractivity contribution in [2.45, 2.75) is 44.6 Å². The number of rotatable bonds is 4. The molecule has 0 radical (unpaired) electrons. The maximum absolute atomic E-state index is 12.0. The molecule has 2 rings (SSSR count). The van der Waals surface area contributed by atoms with Crippen LogP contribution in [-0.2, 0) is 4.79 Å². The van der Waals surface area contributed by atoms with Crippen LogP contribution in [0.15, 0.2) is 16.8 Å². The van der Waals surface area contributed by atoms with E-state index in [9.17, 15) is 9.90 Å². The zero-order valence-corrected chi connectivity index (χ0v) is 11.4. The van der Waals surface area contributed by atoms with Gasteiger partial charge in [-0.25, -0.2) is 0 Å². The largest absolute Gasteiger partial charge is 0.387 e. The molecule has 1 saturated carbocycles. The fraction of sp³-hybridized carbons (Fsp3) is 0.643. The summed E-state index contributed by atoms with van der Waals surface area (Å²) in [5.74, 6) is 0.272. The van der Waals surface area contributed by atoms with Crippen LogP contribution in [0, 0.1) is 5.92 Å². The van der Waals surface area contributed by atoms with Crippen molar-refractivity contribution < 1.29 is 9.90 Å². The molecule has 1 heterocycles. The van der Waals surface area contributed by atoms with Crippen LogP contribution in [0.3, 0.4) is 0 Å². The first-order chi connectivity index (χ1) is 8.77. The molecule has 0 aliphatic heterocycles. The molecule has 100 valence electrons. The van der Waals surface area contributed by atoms with Crippen LogP contribution in [0.25, 0.3) is 0 Å². The van der Waals surface area contributed by atoms with E-state index in [-0.39, 0.29) is 11.8 Å². The van der Waals surface area contributed by atoms with E-state index in [0.29, 0.717) is 6.54 Å². The first-order valence-electron chi connectivity index (χ1n) is 6.75. The monoisotopic (exact) mass is 267 g/mol. The number of hydrogen-bond donors (Lipinski definition) is 2. The third kappa shape index (κ3) is 3.82. The standard InChI is InChI=1S/C14H21NO2S/c16-13(12-7-8-18-10-12)9-15-14(17)11-5-3-1-2-4-6-11/h7-8,10-11,13,16H,1-6,9H2,(H,15,17). The summed E-state index contributed by atoms with van der Waals surface area (Å²) in [6.45, 7) is 0.325. The van der Waals surface area contributed by atoms with Crippen LogP contribution in [0.2, 0.25) is 0 Å². The first-order valence-corrected chi connectivity index (χ1v) is 7.69. The van der Waals surface area contributed by atoms with Gasteiger partial charge < -0.3 is 10.4 Å². The second-order valence-corrected chi connectivity index (χ2v) is 5.79. The van der Waals surface area contributed by atoms with Gasteiger partial charge in [-0.3, -0.25) is 4.79 Å². The van der Waals surface area contributed by atoms with Crippen LogP contribution < -0.4 is 5.32 Å². The zero-order chi connectivity index (χ0) is 12.8. The minimum atomic E-state index is -0.578. The van der Waals surface area contributed by atoms with Gasteiger partial charge in [-0.15, -0.1) is 0 Å². The Hall–Kier alpha value is -0.870. The third-order valence-corrected chi connectivity index (χ3v) is 4.33. The summed E-state index contributed by atoms with van der Waals surface area (Å²) in [6, 6.07) is 1.90. The van der Waals surface area contributed by atoms with Crippen molar-refractivity contribution in [1.82, 2.24) is 5.32 Å². The lowest BCUT2D eigenvalue weighted by Crippen LogP contribution is -2.33. The van der Waals surface area contributed by atoms with Crippen molar-refractivity contribution in [3.05, 3.63) is 22.4 Å². The summed E-state index contributed by atoms with van der Waals surface area (Å²) < 4.78 is 0. The van der Waals surface area contributed by atoms with E-state index >= 15 is 0 Å². The second-order valence-electron chi connectivity index (χ2n) is 5.01. The second kappa shape index (κ2) is 6.90. The van der Waals surface area contributed by atoms with Gasteiger partial charge in [0, 0.05) is 12.5 Å². The van der Waals surface area contributed by atoms with Crippen molar-refractivity contribution in [1.29, 1.82) is 0 Å². The molecule has 4 heteroatoms. The molecule has 1 atom stereocenters. The highest BCUT2D eigenvalue weighted by Crippen LogP contribution is 2.23. The Kier molecular flexibility index (Phi) is 5.20. The number of nitrogens with one attached hydrogen (secondary N) is 1. The Labute approximate surface area is 112 Å². The van der Waals surface area contributed by atoms with E-state index < -0.39 is 6.10 Å². The molecule has 3 nitrogen and oxygen atoms in total. The summed E-state index contributed by atoms with van der Waals surface area (Å²) in [5, 5.41) is 16.6. The molecule has 0 saturated heterocycles. The predicted molar refractivity (Wildman–Crippen MR) is 73.5 cm³/mol. The van der Waals surface area contributed by atoms with Crippen LogP contribution in [0.1, 0.15) is 50.2 Å². The van der Waals surface area contributed by atoms with Gasteiger partial charge in [0.15, 0.2) is 0 Å². The van der Waals surface area contributed by atoms with E-state index in [2.05, 4.69) is 5.32 Å². The van der Waals surface area contributed by atoms with Crippen molar-refractivity contribution in [2.24, 2.45) is 5.92 Å². The van der Waals surface area contributed by atoms with Crippen molar-refractivity contribution in [3.8, 4) is 0 Å². The minimum Gasteiger partial charge on any atom is -0.387 e. The van der Waals surface area contributed by atoms with Crippen molar-refractivity contribution in [3.63, 3.8) is 0 Å². The normalized spacial score (nSPS) is 19.2. The lowest BCUT2D eigenvalue weighted by molar-refractivity contribution is -0.125. The Morgan fingerprint density at radius 2 is 2.11 bits per heavy atom. The highest BCUT2D eigenvalue weighted by Gasteiger charge is 2.20. The average molecular weight is 267 g/mol. The Morgan fingerprint density at radius 1 is 1.39 bits per heavy atom. The van der Waals surface area contributed by atoms with Crippen molar-refractivity contribution >= 4 is 17.2 Å². The Bertz CT molecular complexity index is 356. The molecule has 0 bridgehead atoms. The number of thiophene rings is 1. The lowest BCUT2D eigenvalue weighted by atomic mass is 9.99. The Morgan fingerprint density at radius 3 is 2.72 bits per heavy atom. The van der Waals surface area contributed by atoms with Gasteiger partial charge >= 0.3 is 0 Å². The number of hydrogen-bond acceptors (Lipinski definition) is 3. The Balaban J connectivity index is 1.77. The number of aliphatic hydroxyl groups is 1. The summed E-state index contributed by atoms with van der Waals surface area (Å²) in [5.41, 5.74) is 0.890. The maximum atomic E-state index is 12.0. The minimum absolute atomic E-state index is 0.117. The van der Waals surface area contributed by atoms with Gasteiger partial charge in [0.1, 0.15) is 0 Å². The van der Waals surface area contributed by atoms with Crippen LogP contribution in [-0.4, -0.2) is 17.6 Å². The van der Waals surface area contributed by atoms with E-state index in [4.69, 9.17) is 0 Å². The van der Waals surface area contributed by atoms with E-state index in [1.54, 1.807) is 11.3 Å². The fourth-order valence-corrected chi connectivity index (χ4v) is 3.17. The van der Waals surface area contributed by atoms with Gasteiger partial charge in [-0.2, -0.15) is 11.3 Å². The molecule has 1 aromatic rings. The number of carbonyl (C=O) groups is 1. The molecule has 1 amide bonds. The van der Waals surface area contributed by atoms with Gasteiger partial charge in [0.05, 0.1) is 6.10 Å². The predicted octanol–water partition coefficient (Wildman–Crippen LogP) is 2.87. The molecule has 1 aliphatic rings. The van der Waals surface area contributed by atoms with Crippen molar-refractivity contribution in [2.75, 3.05) is 6.54 Å². The van der Waals surface area contributed by atoms with Gasteiger partial charge in [0.25, 0.3) is 0 Å². The first kappa shape index (κ1) is 13.6. The highest BCUT2D eigenvalue weighted by molar-refractivity contribution is 7.07. The molecule has 1 aromatic heterocycles. The molecule has 1 unspecified atom stereocenters. The maximum Gasteiger partial charge on any atom is 0.223 e. The fourth-order valence-electron chi connectivity index (χ4n) is 2.47. The van der Waals surface area contributed by atoms with E-state index in [1.807, 2.05) is 16.8 Å². The SMILES string of the molecule is O=C(NCC(O)c1ccsc1)C1CCCCCC1. The average Bonchev–Trinajstić information content (AvgIpc) is 2.78.